The van der Waals surface area contributed by atoms with Crippen LogP contribution in [0.3, 0.4) is 0 Å². The van der Waals surface area contributed by atoms with Gasteiger partial charge in [0.1, 0.15) is 0 Å². The molecule has 0 bridgehead atoms. The Kier molecular flexibility index (Phi) is 6.45. The number of hydrogen-bond acceptors (Lipinski definition) is 0. The lowest BCUT2D eigenvalue weighted by atomic mass is 9.95. The van der Waals surface area contributed by atoms with Crippen LogP contribution in [0.4, 0.5) is 0 Å². The summed E-state index contributed by atoms with van der Waals surface area (Å²) in [6.07, 6.45) is 11.2. The molecule has 0 saturated carbocycles. The highest BCUT2D eigenvalue weighted by atomic mass is 14.1. The highest BCUT2D eigenvalue weighted by Crippen LogP contribution is 2.13. The lowest BCUT2D eigenvalue weighted by Crippen LogP contribution is -2.01. The van der Waals surface area contributed by atoms with Crippen molar-refractivity contribution in [3.8, 4) is 0 Å². The summed E-state index contributed by atoms with van der Waals surface area (Å²) in [5.74, 6) is 1.55. The van der Waals surface area contributed by atoms with E-state index in [4.69, 9.17) is 0 Å². The minimum atomic E-state index is 0.776. The molecule has 0 nitrogen and oxygen atoms in total. The molecule has 0 fully saturated rings. The van der Waals surface area contributed by atoms with Crippen molar-refractivity contribution in [3.05, 3.63) is 37.0 Å². The molecule has 1 atom stereocenters. The summed E-state index contributed by atoms with van der Waals surface area (Å²) in [5, 5.41) is 0. The highest BCUT2D eigenvalue weighted by Gasteiger charge is 2.02. The van der Waals surface area contributed by atoms with Crippen LogP contribution in [0.2, 0.25) is 0 Å². The molecule has 0 aromatic carbocycles. The first-order valence-electron chi connectivity index (χ1n) is 4.62. The molecule has 0 aromatic heterocycles. The summed E-state index contributed by atoms with van der Waals surface area (Å²) in [5.41, 5.74) is 0. The van der Waals surface area contributed by atoms with Gasteiger partial charge in [0.25, 0.3) is 0 Å². The van der Waals surface area contributed by atoms with Crippen LogP contribution in [0, 0.1) is 11.8 Å². The molecule has 68 valence electrons. The molecule has 0 radical (unpaired) electrons. The van der Waals surface area contributed by atoms with Crippen molar-refractivity contribution >= 4 is 0 Å². The van der Waals surface area contributed by atoms with Gasteiger partial charge in [-0.25, -0.2) is 0 Å². The predicted molar refractivity (Wildman–Crippen MR) is 57.1 cm³/mol. The van der Waals surface area contributed by atoms with E-state index in [1.165, 1.54) is 6.42 Å². The third-order valence-electron chi connectivity index (χ3n) is 2.14. The van der Waals surface area contributed by atoms with Gasteiger partial charge >= 0.3 is 0 Å². The molecule has 12 heavy (non-hydrogen) atoms. The first-order valence-corrected chi connectivity index (χ1v) is 4.62. The van der Waals surface area contributed by atoms with E-state index in [0.717, 1.165) is 11.8 Å². The third kappa shape index (κ3) is 5.96. The second kappa shape index (κ2) is 6.90. The van der Waals surface area contributed by atoms with E-state index >= 15 is 0 Å². The molecule has 1 unspecified atom stereocenters. The zero-order valence-electron chi connectivity index (χ0n) is 8.46. The van der Waals surface area contributed by atoms with Crippen molar-refractivity contribution in [3.63, 3.8) is 0 Å². The van der Waals surface area contributed by atoms with Crippen LogP contribution < -0.4 is 0 Å². The summed E-state index contributed by atoms with van der Waals surface area (Å²) in [6.45, 7) is 10.4. The fourth-order valence-electron chi connectivity index (χ4n) is 0.787. The average Bonchev–Trinajstić information content (AvgIpc) is 2.03. The van der Waals surface area contributed by atoms with Crippen LogP contribution in [0.15, 0.2) is 37.0 Å². The molecular formula is C12H20. The molecule has 0 heteroatoms. The zero-order chi connectivity index (χ0) is 9.40. The molecule has 0 aromatic rings. The van der Waals surface area contributed by atoms with E-state index in [1.807, 2.05) is 12.2 Å². The van der Waals surface area contributed by atoms with Crippen molar-refractivity contribution in [1.82, 2.24) is 0 Å². The Morgan fingerprint density at radius 1 is 1.08 bits per heavy atom. The molecule has 0 heterocycles. The van der Waals surface area contributed by atoms with Gasteiger partial charge in [0.05, 0.1) is 0 Å². The van der Waals surface area contributed by atoms with E-state index in [-0.39, 0.29) is 0 Å². The Morgan fingerprint density at radius 2 is 1.75 bits per heavy atom. The lowest BCUT2D eigenvalue weighted by molar-refractivity contribution is 0.424. The summed E-state index contributed by atoms with van der Waals surface area (Å²) in [6, 6.07) is 0. The maximum Gasteiger partial charge on any atom is -0.0319 e. The first kappa shape index (κ1) is 11.2. The summed E-state index contributed by atoms with van der Waals surface area (Å²) >= 11 is 0. The summed E-state index contributed by atoms with van der Waals surface area (Å²) in [4.78, 5) is 0. The van der Waals surface area contributed by atoms with E-state index in [9.17, 15) is 0 Å². The van der Waals surface area contributed by atoms with E-state index in [1.54, 1.807) is 6.08 Å². The maximum absolute atomic E-state index is 3.60. The molecule has 0 rings (SSSR count). The van der Waals surface area contributed by atoms with Crippen LogP contribution in [0.1, 0.15) is 27.2 Å². The smallest absolute Gasteiger partial charge is 0.0319 e. The second-order valence-electron chi connectivity index (χ2n) is 3.51. The van der Waals surface area contributed by atoms with Crippen molar-refractivity contribution in [1.29, 1.82) is 0 Å². The Labute approximate surface area is 76.7 Å². The van der Waals surface area contributed by atoms with Crippen molar-refractivity contribution in [2.45, 2.75) is 27.2 Å². The summed E-state index contributed by atoms with van der Waals surface area (Å²) < 4.78 is 0. The number of allylic oxidation sites excluding steroid dienone is 5. The van der Waals surface area contributed by atoms with Gasteiger partial charge in [-0.2, -0.15) is 0 Å². The molecule has 0 N–H and O–H groups in total. The van der Waals surface area contributed by atoms with Crippen LogP contribution >= 0.6 is 0 Å². The topological polar surface area (TPSA) is 0 Å². The summed E-state index contributed by atoms with van der Waals surface area (Å²) in [7, 11) is 0. The van der Waals surface area contributed by atoms with Crippen molar-refractivity contribution in [2.75, 3.05) is 0 Å². The normalized spacial score (nSPS) is 14.7. The van der Waals surface area contributed by atoms with Gasteiger partial charge in [0, 0.05) is 0 Å². The number of hydrogen-bond donors (Lipinski definition) is 0. The molecule has 0 spiro atoms. The Morgan fingerprint density at radius 3 is 2.25 bits per heavy atom. The third-order valence-corrected chi connectivity index (χ3v) is 2.14. The molecule has 0 aliphatic heterocycles. The lowest BCUT2D eigenvalue weighted by Gasteiger charge is -2.11. The SMILES string of the molecule is C=C/C=C\C=C/CC(C)C(C)C. The van der Waals surface area contributed by atoms with Gasteiger partial charge in [-0.15, -0.1) is 0 Å². The second-order valence-corrected chi connectivity index (χ2v) is 3.51. The number of rotatable bonds is 5. The Bertz CT molecular complexity index is 161. The van der Waals surface area contributed by atoms with Crippen LogP contribution in [-0.4, -0.2) is 0 Å². The molecule has 0 amide bonds. The van der Waals surface area contributed by atoms with Gasteiger partial charge in [-0.3, -0.25) is 0 Å². The fraction of sp³-hybridized carbons (Fsp3) is 0.500. The van der Waals surface area contributed by atoms with Crippen LogP contribution in [0.5, 0.6) is 0 Å². The van der Waals surface area contributed by atoms with E-state index < -0.39 is 0 Å². The maximum atomic E-state index is 3.60. The Balaban J connectivity index is 3.59. The monoisotopic (exact) mass is 164 g/mol. The average molecular weight is 164 g/mol. The van der Waals surface area contributed by atoms with Gasteiger partial charge in [0.2, 0.25) is 0 Å². The van der Waals surface area contributed by atoms with Gasteiger partial charge in [-0.05, 0) is 18.3 Å². The van der Waals surface area contributed by atoms with Gasteiger partial charge in [-0.1, -0.05) is 57.7 Å². The molecule has 0 aliphatic carbocycles. The van der Waals surface area contributed by atoms with Gasteiger partial charge in [0.15, 0.2) is 0 Å². The zero-order valence-corrected chi connectivity index (χ0v) is 8.46. The van der Waals surface area contributed by atoms with Crippen molar-refractivity contribution in [2.24, 2.45) is 11.8 Å². The minimum absolute atomic E-state index is 0.776. The Hall–Kier alpha value is -0.780. The van der Waals surface area contributed by atoms with E-state index in [2.05, 4.69) is 39.5 Å². The molecule has 0 saturated heterocycles. The van der Waals surface area contributed by atoms with E-state index in [0.29, 0.717) is 0 Å². The van der Waals surface area contributed by atoms with Gasteiger partial charge < -0.3 is 0 Å². The predicted octanol–water partition coefficient (Wildman–Crippen LogP) is 3.97. The fourth-order valence-corrected chi connectivity index (χ4v) is 0.787. The quantitative estimate of drug-likeness (QED) is 0.539. The first-order chi connectivity index (χ1) is 5.68. The molecular weight excluding hydrogens is 144 g/mol. The standard InChI is InChI=1S/C12H20/c1-5-6-7-8-9-10-12(4)11(2)3/h5-9,11-12H,1,10H2,2-4H3/b7-6-,9-8-. The van der Waals surface area contributed by atoms with Crippen molar-refractivity contribution < 1.29 is 0 Å². The highest BCUT2D eigenvalue weighted by molar-refractivity contribution is 5.08. The van der Waals surface area contributed by atoms with Crippen LogP contribution in [0.25, 0.3) is 0 Å². The van der Waals surface area contributed by atoms with Crippen LogP contribution in [-0.2, 0) is 0 Å². The largest absolute Gasteiger partial charge is 0.0991 e. The molecule has 0 aliphatic rings. The minimum Gasteiger partial charge on any atom is -0.0991 e.